The Labute approximate surface area is 118 Å². The zero-order valence-electron chi connectivity index (χ0n) is 11.3. The Bertz CT molecular complexity index is 672. The average Bonchev–Trinajstić information content (AvgIpc) is 2.56. The van der Waals surface area contributed by atoms with Gasteiger partial charge in [0.2, 0.25) is 11.8 Å². The number of carbonyl (C=O) groups is 2. The van der Waals surface area contributed by atoms with Gasteiger partial charge >= 0.3 is 6.18 Å². The highest BCUT2D eigenvalue weighted by Gasteiger charge is 2.46. The second-order valence-electron chi connectivity index (χ2n) is 5.43. The molecule has 0 N–H and O–H groups in total. The van der Waals surface area contributed by atoms with E-state index in [0.717, 1.165) is 11.0 Å². The van der Waals surface area contributed by atoms with Crippen molar-refractivity contribution in [3.63, 3.8) is 0 Å². The molecule has 0 bridgehead atoms. The SMILES string of the molecule is CC1(C)CC(=O)N(c2ccc(C#N)c(C(F)(F)F)c2)C1=O. The molecular weight excluding hydrogens is 285 g/mol. The number of carbonyl (C=O) groups excluding carboxylic acids is 2. The van der Waals surface area contributed by atoms with Crippen LogP contribution in [-0.2, 0) is 15.8 Å². The highest BCUT2D eigenvalue weighted by molar-refractivity contribution is 6.22. The van der Waals surface area contributed by atoms with Crippen LogP contribution in [0, 0.1) is 16.7 Å². The smallest absolute Gasteiger partial charge is 0.274 e. The number of amides is 2. The third-order valence-electron chi connectivity index (χ3n) is 3.31. The summed E-state index contributed by atoms with van der Waals surface area (Å²) in [5.74, 6) is -1.10. The minimum Gasteiger partial charge on any atom is -0.274 e. The first-order valence-electron chi connectivity index (χ1n) is 6.06. The third kappa shape index (κ3) is 2.49. The molecule has 110 valence electrons. The fourth-order valence-electron chi connectivity index (χ4n) is 2.21. The van der Waals surface area contributed by atoms with Crippen LogP contribution in [0.2, 0.25) is 0 Å². The molecule has 4 nitrogen and oxygen atoms in total. The van der Waals surface area contributed by atoms with Crippen LogP contribution in [0.15, 0.2) is 18.2 Å². The monoisotopic (exact) mass is 296 g/mol. The van der Waals surface area contributed by atoms with E-state index in [-0.39, 0.29) is 12.1 Å². The maximum Gasteiger partial charge on any atom is 0.417 e. The molecule has 2 rings (SSSR count). The van der Waals surface area contributed by atoms with Crippen LogP contribution in [-0.4, -0.2) is 11.8 Å². The van der Waals surface area contributed by atoms with E-state index in [1.807, 2.05) is 0 Å². The lowest BCUT2D eigenvalue weighted by atomic mass is 9.92. The summed E-state index contributed by atoms with van der Waals surface area (Å²) in [6, 6.07) is 4.25. The third-order valence-corrected chi connectivity index (χ3v) is 3.31. The van der Waals surface area contributed by atoms with Gasteiger partial charge in [-0.05, 0) is 18.2 Å². The number of rotatable bonds is 1. The van der Waals surface area contributed by atoms with E-state index in [1.165, 1.54) is 12.1 Å². The number of nitrogens with zero attached hydrogens (tertiary/aromatic N) is 2. The van der Waals surface area contributed by atoms with E-state index in [9.17, 15) is 22.8 Å². The van der Waals surface area contributed by atoms with Crippen LogP contribution in [0.4, 0.5) is 18.9 Å². The van der Waals surface area contributed by atoms with Crippen molar-refractivity contribution in [1.29, 1.82) is 5.26 Å². The zero-order chi connectivity index (χ0) is 16.0. The molecule has 7 heteroatoms. The van der Waals surface area contributed by atoms with Gasteiger partial charge in [-0.15, -0.1) is 0 Å². The van der Waals surface area contributed by atoms with Gasteiger partial charge in [0, 0.05) is 6.42 Å². The van der Waals surface area contributed by atoms with Crippen molar-refractivity contribution >= 4 is 17.5 Å². The lowest BCUT2D eigenvalue weighted by Gasteiger charge is -2.19. The van der Waals surface area contributed by atoms with Crippen molar-refractivity contribution < 1.29 is 22.8 Å². The second-order valence-corrected chi connectivity index (χ2v) is 5.43. The molecule has 0 saturated carbocycles. The Kier molecular flexibility index (Phi) is 3.28. The summed E-state index contributed by atoms with van der Waals surface area (Å²) in [5, 5.41) is 8.73. The van der Waals surface area contributed by atoms with Crippen molar-refractivity contribution in [3.05, 3.63) is 29.3 Å². The number of hydrogen-bond donors (Lipinski definition) is 0. The molecular formula is C14H11F3N2O2. The lowest BCUT2D eigenvalue weighted by molar-refractivity contribution is -0.138. The summed E-state index contributed by atoms with van der Waals surface area (Å²) in [6.45, 7) is 3.11. The maximum absolute atomic E-state index is 12.9. The fourth-order valence-corrected chi connectivity index (χ4v) is 2.21. The number of anilines is 1. The highest BCUT2D eigenvalue weighted by Crippen LogP contribution is 2.38. The molecule has 1 heterocycles. The number of nitriles is 1. The standard InChI is InChI=1S/C14H11F3N2O2/c1-13(2)6-11(20)19(12(13)21)9-4-3-8(7-18)10(5-9)14(15,16)17/h3-5H,6H2,1-2H3. The number of benzene rings is 1. The van der Waals surface area contributed by atoms with Gasteiger partial charge in [0.25, 0.3) is 0 Å². The molecule has 1 aromatic carbocycles. The minimum atomic E-state index is -4.73. The molecule has 21 heavy (non-hydrogen) atoms. The molecule has 0 aromatic heterocycles. The molecule has 0 unspecified atom stereocenters. The van der Waals surface area contributed by atoms with E-state index in [0.29, 0.717) is 6.07 Å². The largest absolute Gasteiger partial charge is 0.417 e. The van der Waals surface area contributed by atoms with Crippen molar-refractivity contribution in [2.24, 2.45) is 5.41 Å². The first-order chi connectivity index (χ1) is 9.58. The molecule has 1 aliphatic rings. The Morgan fingerprint density at radius 1 is 1.29 bits per heavy atom. The normalized spacial score (nSPS) is 18.0. The molecule has 1 aromatic rings. The van der Waals surface area contributed by atoms with Crippen molar-refractivity contribution in [2.75, 3.05) is 4.90 Å². The number of imide groups is 1. The summed E-state index contributed by atoms with van der Waals surface area (Å²) in [4.78, 5) is 24.7. The van der Waals surface area contributed by atoms with Crippen LogP contribution in [0.25, 0.3) is 0 Å². The van der Waals surface area contributed by atoms with Crippen molar-refractivity contribution in [1.82, 2.24) is 0 Å². The van der Waals surface area contributed by atoms with Crippen LogP contribution < -0.4 is 4.90 Å². The van der Waals surface area contributed by atoms with Gasteiger partial charge in [-0.1, -0.05) is 13.8 Å². The van der Waals surface area contributed by atoms with Crippen molar-refractivity contribution in [2.45, 2.75) is 26.4 Å². The average molecular weight is 296 g/mol. The molecule has 0 spiro atoms. The number of alkyl halides is 3. The molecule has 0 atom stereocenters. The zero-order valence-corrected chi connectivity index (χ0v) is 11.3. The summed E-state index contributed by atoms with van der Waals surface area (Å²) >= 11 is 0. The van der Waals surface area contributed by atoms with Gasteiger partial charge < -0.3 is 0 Å². The van der Waals surface area contributed by atoms with Gasteiger partial charge in [-0.25, -0.2) is 0 Å². The second kappa shape index (κ2) is 4.58. The van der Waals surface area contributed by atoms with Gasteiger partial charge in [-0.3, -0.25) is 14.5 Å². The lowest BCUT2D eigenvalue weighted by Crippen LogP contribution is -2.33. The molecule has 0 radical (unpaired) electrons. The van der Waals surface area contributed by atoms with Gasteiger partial charge in [0.15, 0.2) is 0 Å². The molecule has 1 fully saturated rings. The van der Waals surface area contributed by atoms with Crippen molar-refractivity contribution in [3.8, 4) is 6.07 Å². The van der Waals surface area contributed by atoms with Gasteiger partial charge in [-0.2, -0.15) is 18.4 Å². The first kappa shape index (κ1) is 15.0. The first-order valence-corrected chi connectivity index (χ1v) is 6.06. The Hall–Kier alpha value is -2.36. The summed E-state index contributed by atoms with van der Waals surface area (Å²) in [5.41, 5.74) is -2.82. The van der Waals surface area contributed by atoms with Crippen LogP contribution in [0.3, 0.4) is 0 Å². The van der Waals surface area contributed by atoms with E-state index in [2.05, 4.69) is 0 Å². The summed E-state index contributed by atoms with van der Waals surface area (Å²) in [7, 11) is 0. The quantitative estimate of drug-likeness (QED) is 0.749. The number of halogens is 3. The fraction of sp³-hybridized carbons (Fsp3) is 0.357. The van der Waals surface area contributed by atoms with E-state index in [1.54, 1.807) is 13.8 Å². The maximum atomic E-state index is 12.9. The van der Waals surface area contributed by atoms with E-state index in [4.69, 9.17) is 5.26 Å². The van der Waals surface area contributed by atoms with E-state index < -0.39 is 34.5 Å². The molecule has 0 aliphatic carbocycles. The molecule has 2 amide bonds. The molecule has 1 saturated heterocycles. The predicted molar refractivity (Wildman–Crippen MR) is 67.1 cm³/mol. The van der Waals surface area contributed by atoms with Gasteiger partial charge in [0.05, 0.1) is 28.3 Å². The minimum absolute atomic E-state index is 0.0623. The Balaban J connectivity index is 2.55. The Morgan fingerprint density at radius 2 is 1.90 bits per heavy atom. The summed E-state index contributed by atoms with van der Waals surface area (Å²) < 4.78 is 38.7. The van der Waals surface area contributed by atoms with Gasteiger partial charge in [0.1, 0.15) is 0 Å². The predicted octanol–water partition coefficient (Wildman–Crippen LogP) is 2.87. The van der Waals surface area contributed by atoms with Crippen LogP contribution >= 0.6 is 0 Å². The molecule has 1 aliphatic heterocycles. The van der Waals surface area contributed by atoms with Crippen LogP contribution in [0.1, 0.15) is 31.4 Å². The highest BCUT2D eigenvalue weighted by atomic mass is 19.4. The Morgan fingerprint density at radius 3 is 2.33 bits per heavy atom. The number of hydrogen-bond acceptors (Lipinski definition) is 3. The topological polar surface area (TPSA) is 61.2 Å². The van der Waals surface area contributed by atoms with E-state index >= 15 is 0 Å². The summed E-state index contributed by atoms with van der Waals surface area (Å²) in [6.07, 6.45) is -4.80. The van der Waals surface area contributed by atoms with Crippen LogP contribution in [0.5, 0.6) is 0 Å².